The van der Waals surface area contributed by atoms with Gasteiger partial charge in [0.15, 0.2) is 0 Å². The van der Waals surface area contributed by atoms with Crippen molar-refractivity contribution >= 4 is 11.6 Å². The van der Waals surface area contributed by atoms with Crippen LogP contribution in [0.4, 0.5) is 5.69 Å². The number of carbonyl (C=O) groups is 1. The Balaban J connectivity index is 2.11. The summed E-state index contributed by atoms with van der Waals surface area (Å²) in [6.07, 6.45) is 0.967. The molecule has 0 unspecified atom stereocenters. The first-order valence-electron chi connectivity index (χ1n) is 4.85. The lowest BCUT2D eigenvalue weighted by Gasteiger charge is -2.42. The highest BCUT2D eigenvalue weighted by Gasteiger charge is 2.44. The summed E-state index contributed by atoms with van der Waals surface area (Å²) in [5.74, 6) is 0.530. The first-order chi connectivity index (χ1) is 6.77. The molecular weight excluding hydrogens is 174 g/mol. The summed E-state index contributed by atoms with van der Waals surface area (Å²) in [6.45, 7) is 3.91. The first kappa shape index (κ1) is 7.80. The van der Waals surface area contributed by atoms with Crippen LogP contribution in [0.1, 0.15) is 17.9 Å². The summed E-state index contributed by atoms with van der Waals surface area (Å²) in [7, 11) is 0. The molecule has 1 aromatic rings. The van der Waals surface area contributed by atoms with Crippen LogP contribution in [0, 0.1) is 5.92 Å². The second kappa shape index (κ2) is 2.47. The van der Waals surface area contributed by atoms with Crippen LogP contribution in [0.15, 0.2) is 36.4 Å². The van der Waals surface area contributed by atoms with Gasteiger partial charge in [0, 0.05) is 11.6 Å². The Morgan fingerprint density at radius 3 is 2.93 bits per heavy atom. The largest absolute Gasteiger partial charge is 0.325 e. The predicted octanol–water partition coefficient (Wildman–Crippen LogP) is 2.30. The molecule has 1 aliphatic carbocycles. The lowest BCUT2D eigenvalue weighted by molar-refractivity contribution is -0.121. The zero-order valence-corrected chi connectivity index (χ0v) is 7.79. The van der Waals surface area contributed by atoms with Gasteiger partial charge in [0.1, 0.15) is 0 Å². The number of anilines is 1. The molecule has 2 atom stereocenters. The van der Waals surface area contributed by atoms with Gasteiger partial charge in [0.2, 0.25) is 5.91 Å². The van der Waals surface area contributed by atoms with Crippen LogP contribution in [-0.4, -0.2) is 5.91 Å². The van der Waals surface area contributed by atoms with Crippen LogP contribution < -0.4 is 5.32 Å². The van der Waals surface area contributed by atoms with Crippen molar-refractivity contribution in [2.24, 2.45) is 5.92 Å². The minimum absolute atomic E-state index is 0.0323. The number of hydrogen-bond acceptors (Lipinski definition) is 1. The second-order valence-electron chi connectivity index (χ2n) is 4.02. The van der Waals surface area contributed by atoms with Gasteiger partial charge in [0.05, 0.1) is 5.92 Å². The van der Waals surface area contributed by atoms with E-state index in [4.69, 9.17) is 0 Å². The van der Waals surface area contributed by atoms with Crippen molar-refractivity contribution in [2.45, 2.75) is 12.3 Å². The number of amides is 1. The Morgan fingerprint density at radius 1 is 1.36 bits per heavy atom. The predicted molar refractivity (Wildman–Crippen MR) is 55.1 cm³/mol. The molecule has 14 heavy (non-hydrogen) atoms. The third-order valence-corrected chi connectivity index (χ3v) is 3.22. The van der Waals surface area contributed by atoms with E-state index in [9.17, 15) is 4.79 Å². The Hall–Kier alpha value is -1.57. The van der Waals surface area contributed by atoms with Gasteiger partial charge in [-0.3, -0.25) is 4.79 Å². The number of benzene rings is 1. The zero-order valence-electron chi connectivity index (χ0n) is 7.79. The van der Waals surface area contributed by atoms with Crippen molar-refractivity contribution in [2.75, 3.05) is 5.32 Å². The highest BCUT2D eigenvalue weighted by atomic mass is 16.2. The standard InChI is InChI=1S/C12H11NO/c1-7-6-9-8-4-2-3-5-10(8)13-12(14)11(7)9/h2-5,9,11H,1,6H2,(H,13,14)/t9-,11-/m0/s1. The van der Waals surface area contributed by atoms with Gasteiger partial charge < -0.3 is 5.32 Å². The lowest BCUT2D eigenvalue weighted by Crippen LogP contribution is -2.41. The minimum atomic E-state index is 0.0323. The topological polar surface area (TPSA) is 29.1 Å². The van der Waals surface area contributed by atoms with Gasteiger partial charge in [0.25, 0.3) is 0 Å². The number of hydrogen-bond donors (Lipinski definition) is 1. The summed E-state index contributed by atoms with van der Waals surface area (Å²) in [4.78, 5) is 11.7. The van der Waals surface area contributed by atoms with Gasteiger partial charge >= 0.3 is 0 Å². The monoisotopic (exact) mass is 185 g/mol. The Bertz CT molecular complexity index is 436. The molecular formula is C12H11NO. The molecule has 1 N–H and O–H groups in total. The van der Waals surface area contributed by atoms with Gasteiger partial charge in [-0.1, -0.05) is 30.4 Å². The molecule has 2 nitrogen and oxygen atoms in total. The average molecular weight is 185 g/mol. The summed E-state index contributed by atoms with van der Waals surface area (Å²) < 4.78 is 0. The van der Waals surface area contributed by atoms with Crippen molar-refractivity contribution in [1.82, 2.24) is 0 Å². The molecule has 1 saturated carbocycles. The van der Waals surface area contributed by atoms with E-state index in [1.165, 1.54) is 5.56 Å². The van der Waals surface area contributed by atoms with E-state index in [0.717, 1.165) is 17.7 Å². The Morgan fingerprint density at radius 2 is 2.14 bits per heavy atom. The molecule has 1 fully saturated rings. The van der Waals surface area contributed by atoms with E-state index < -0.39 is 0 Å². The van der Waals surface area contributed by atoms with E-state index in [2.05, 4.69) is 18.0 Å². The summed E-state index contributed by atoms with van der Waals surface area (Å²) in [5, 5.41) is 2.92. The highest BCUT2D eigenvalue weighted by molar-refractivity contribution is 5.99. The fraction of sp³-hybridized carbons (Fsp3) is 0.250. The maximum Gasteiger partial charge on any atom is 0.232 e. The second-order valence-corrected chi connectivity index (χ2v) is 4.02. The molecule has 2 heteroatoms. The van der Waals surface area contributed by atoms with Crippen LogP contribution in [0.5, 0.6) is 0 Å². The zero-order chi connectivity index (χ0) is 9.71. The number of rotatable bonds is 0. The molecule has 1 heterocycles. The third kappa shape index (κ3) is 0.830. The average Bonchev–Trinajstić information content (AvgIpc) is 2.14. The summed E-state index contributed by atoms with van der Waals surface area (Å²) >= 11 is 0. The third-order valence-electron chi connectivity index (χ3n) is 3.22. The van der Waals surface area contributed by atoms with Crippen molar-refractivity contribution < 1.29 is 4.79 Å². The smallest absolute Gasteiger partial charge is 0.232 e. The molecule has 0 spiro atoms. The van der Waals surface area contributed by atoms with E-state index in [-0.39, 0.29) is 11.8 Å². The van der Waals surface area contributed by atoms with E-state index >= 15 is 0 Å². The highest BCUT2D eigenvalue weighted by Crippen LogP contribution is 2.51. The summed E-state index contributed by atoms with van der Waals surface area (Å²) in [6, 6.07) is 8.03. The van der Waals surface area contributed by atoms with Crippen molar-refractivity contribution in [3.05, 3.63) is 42.0 Å². The molecule has 0 radical (unpaired) electrons. The normalized spacial score (nSPS) is 28.6. The minimum Gasteiger partial charge on any atom is -0.325 e. The molecule has 2 aliphatic rings. The molecule has 0 bridgehead atoms. The number of fused-ring (bicyclic) bond motifs is 3. The molecule has 1 aliphatic heterocycles. The van der Waals surface area contributed by atoms with Crippen LogP contribution in [0.2, 0.25) is 0 Å². The van der Waals surface area contributed by atoms with Crippen LogP contribution >= 0.6 is 0 Å². The Labute approximate surface area is 82.6 Å². The number of carbonyl (C=O) groups excluding carboxylic acids is 1. The van der Waals surface area contributed by atoms with Crippen molar-refractivity contribution in [3.63, 3.8) is 0 Å². The van der Waals surface area contributed by atoms with Crippen LogP contribution in [0.25, 0.3) is 0 Å². The summed E-state index contributed by atoms with van der Waals surface area (Å²) in [5.41, 5.74) is 3.32. The van der Waals surface area contributed by atoms with Crippen LogP contribution in [0.3, 0.4) is 0 Å². The number of para-hydroxylation sites is 1. The Kier molecular flexibility index (Phi) is 1.38. The molecule has 0 saturated heterocycles. The van der Waals surface area contributed by atoms with E-state index in [1.807, 2.05) is 18.2 Å². The van der Waals surface area contributed by atoms with E-state index in [0.29, 0.717) is 5.92 Å². The number of nitrogens with one attached hydrogen (secondary N) is 1. The van der Waals surface area contributed by atoms with Crippen molar-refractivity contribution in [1.29, 1.82) is 0 Å². The fourth-order valence-electron chi connectivity index (χ4n) is 2.45. The molecule has 3 rings (SSSR count). The van der Waals surface area contributed by atoms with Crippen LogP contribution in [-0.2, 0) is 4.79 Å². The lowest BCUT2D eigenvalue weighted by atomic mass is 9.64. The van der Waals surface area contributed by atoms with Gasteiger partial charge in [-0.25, -0.2) is 0 Å². The first-order valence-corrected chi connectivity index (χ1v) is 4.85. The van der Waals surface area contributed by atoms with Gasteiger partial charge in [-0.2, -0.15) is 0 Å². The van der Waals surface area contributed by atoms with Gasteiger partial charge in [-0.15, -0.1) is 0 Å². The molecule has 70 valence electrons. The van der Waals surface area contributed by atoms with Crippen molar-refractivity contribution in [3.8, 4) is 0 Å². The molecule has 1 aromatic carbocycles. The molecule has 1 amide bonds. The maximum atomic E-state index is 11.7. The quantitative estimate of drug-likeness (QED) is 0.617. The SMILES string of the molecule is C=C1C[C@H]2c3ccccc3NC(=O)[C@@H]12. The molecule has 0 aromatic heterocycles. The maximum absolute atomic E-state index is 11.7. The van der Waals surface area contributed by atoms with E-state index in [1.54, 1.807) is 0 Å². The van der Waals surface area contributed by atoms with Gasteiger partial charge in [-0.05, 0) is 18.1 Å². The fourth-order valence-corrected chi connectivity index (χ4v) is 2.45.